The smallest absolute Gasteiger partial charge is 0.262 e. The molecule has 4 nitrogen and oxygen atoms in total. The minimum atomic E-state index is -3.58. The van der Waals surface area contributed by atoms with Gasteiger partial charge >= 0.3 is 0 Å². The van der Waals surface area contributed by atoms with E-state index in [9.17, 15) is 13.5 Å². The molecule has 0 spiro atoms. The number of nitrogens with one attached hydrogen (secondary N) is 1. The highest BCUT2D eigenvalue weighted by atomic mass is 35.5. The fourth-order valence-corrected chi connectivity index (χ4v) is 3.57. The SMILES string of the molecule is O=S1(=O)Nc2ccc(O)c(Cl)c2-c2ccccc21. The zero-order valence-corrected chi connectivity index (χ0v) is 10.6. The monoisotopic (exact) mass is 281 g/mol. The number of hydrogen-bond acceptors (Lipinski definition) is 3. The summed E-state index contributed by atoms with van der Waals surface area (Å²) in [5, 5.41) is 9.76. The maximum Gasteiger partial charge on any atom is 0.262 e. The molecule has 1 heterocycles. The largest absolute Gasteiger partial charge is 0.506 e. The summed E-state index contributed by atoms with van der Waals surface area (Å²) in [6.45, 7) is 0. The van der Waals surface area contributed by atoms with E-state index in [2.05, 4.69) is 4.72 Å². The molecule has 3 rings (SSSR count). The van der Waals surface area contributed by atoms with Gasteiger partial charge in [-0.3, -0.25) is 4.72 Å². The van der Waals surface area contributed by atoms with Crippen LogP contribution in [0.4, 0.5) is 5.69 Å². The van der Waals surface area contributed by atoms with Crippen molar-refractivity contribution in [3.8, 4) is 16.9 Å². The van der Waals surface area contributed by atoms with Crippen molar-refractivity contribution < 1.29 is 13.5 Å². The second-order valence-electron chi connectivity index (χ2n) is 3.92. The van der Waals surface area contributed by atoms with Crippen LogP contribution >= 0.6 is 11.6 Å². The van der Waals surface area contributed by atoms with Gasteiger partial charge in [0.05, 0.1) is 15.6 Å². The van der Waals surface area contributed by atoms with Gasteiger partial charge in [-0.1, -0.05) is 29.8 Å². The molecule has 0 amide bonds. The maximum absolute atomic E-state index is 12.0. The van der Waals surface area contributed by atoms with Crippen molar-refractivity contribution >= 4 is 27.3 Å². The number of anilines is 1. The molecule has 1 aliphatic heterocycles. The molecule has 0 bridgehead atoms. The third-order valence-corrected chi connectivity index (χ3v) is 4.62. The second kappa shape index (κ2) is 3.63. The zero-order chi connectivity index (χ0) is 12.9. The molecule has 0 fully saturated rings. The van der Waals surface area contributed by atoms with Crippen molar-refractivity contribution in [1.82, 2.24) is 0 Å². The summed E-state index contributed by atoms with van der Waals surface area (Å²) in [6.07, 6.45) is 0. The Morgan fingerprint density at radius 2 is 1.83 bits per heavy atom. The number of phenolic OH excluding ortho intramolecular Hbond substituents is 1. The van der Waals surface area contributed by atoms with Crippen molar-refractivity contribution in [1.29, 1.82) is 0 Å². The number of hydrogen-bond donors (Lipinski definition) is 2. The third kappa shape index (κ3) is 1.48. The average molecular weight is 282 g/mol. The third-order valence-electron chi connectivity index (χ3n) is 2.81. The molecule has 0 saturated heterocycles. The van der Waals surface area contributed by atoms with Crippen LogP contribution in [0, 0.1) is 0 Å². The number of halogens is 1. The number of rotatable bonds is 0. The summed E-state index contributed by atoms with van der Waals surface area (Å²) in [5.74, 6) is -0.0775. The highest BCUT2D eigenvalue weighted by Gasteiger charge is 2.29. The van der Waals surface area contributed by atoms with E-state index in [4.69, 9.17) is 11.6 Å². The Balaban J connectivity index is 2.46. The Hall–Kier alpha value is -1.72. The van der Waals surface area contributed by atoms with Crippen molar-refractivity contribution in [2.45, 2.75) is 4.90 Å². The summed E-state index contributed by atoms with van der Waals surface area (Å²) in [4.78, 5) is 0.157. The molecule has 0 aliphatic carbocycles. The van der Waals surface area contributed by atoms with Crippen LogP contribution in [0.3, 0.4) is 0 Å². The molecular weight excluding hydrogens is 274 g/mol. The van der Waals surface area contributed by atoms with Crippen molar-refractivity contribution in [2.75, 3.05) is 4.72 Å². The molecular formula is C12H8ClNO3S. The van der Waals surface area contributed by atoms with Crippen LogP contribution in [0.1, 0.15) is 0 Å². The Morgan fingerprint density at radius 1 is 1.11 bits per heavy atom. The van der Waals surface area contributed by atoms with Crippen LogP contribution in [-0.4, -0.2) is 13.5 Å². The summed E-state index contributed by atoms with van der Waals surface area (Å²) in [5.41, 5.74) is 1.37. The second-order valence-corrected chi connectivity index (χ2v) is 5.95. The van der Waals surface area contributed by atoms with E-state index in [-0.39, 0.29) is 15.7 Å². The number of fused-ring (bicyclic) bond motifs is 3. The zero-order valence-electron chi connectivity index (χ0n) is 9.01. The molecule has 0 atom stereocenters. The number of aromatic hydroxyl groups is 1. The molecule has 2 aromatic carbocycles. The summed E-state index contributed by atoms with van der Waals surface area (Å²) in [7, 11) is -3.58. The topological polar surface area (TPSA) is 66.4 Å². The van der Waals surface area contributed by atoms with E-state index in [1.54, 1.807) is 18.2 Å². The van der Waals surface area contributed by atoms with Gasteiger partial charge in [-0.05, 0) is 18.2 Å². The van der Waals surface area contributed by atoms with Crippen molar-refractivity contribution in [3.63, 3.8) is 0 Å². The highest BCUT2D eigenvalue weighted by molar-refractivity contribution is 7.93. The number of benzene rings is 2. The minimum absolute atomic E-state index is 0.0775. The summed E-state index contributed by atoms with van der Waals surface area (Å²) < 4.78 is 26.5. The van der Waals surface area contributed by atoms with Crippen molar-refractivity contribution in [2.24, 2.45) is 0 Å². The normalized spacial score (nSPS) is 15.4. The Kier molecular flexibility index (Phi) is 2.30. The van der Waals surface area contributed by atoms with E-state index in [1.165, 1.54) is 18.2 Å². The first-order valence-corrected chi connectivity index (χ1v) is 7.00. The quantitative estimate of drug-likeness (QED) is 0.730. The molecule has 2 aromatic rings. The van der Waals surface area contributed by atoms with Crippen LogP contribution in [-0.2, 0) is 10.0 Å². The number of sulfonamides is 1. The van der Waals surface area contributed by atoms with Gasteiger partial charge in [0.15, 0.2) is 0 Å². The Labute approximate surface area is 109 Å². The molecule has 0 radical (unpaired) electrons. The Bertz CT molecular complexity index is 756. The molecule has 1 aliphatic rings. The van der Waals surface area contributed by atoms with E-state index >= 15 is 0 Å². The molecule has 0 aromatic heterocycles. The lowest BCUT2D eigenvalue weighted by Gasteiger charge is -2.22. The van der Waals surface area contributed by atoms with Gasteiger partial charge in [-0.2, -0.15) is 0 Å². The van der Waals surface area contributed by atoms with Gasteiger partial charge in [0, 0.05) is 11.1 Å². The predicted octanol–water partition coefficient (Wildman–Crippen LogP) is 2.83. The molecule has 2 N–H and O–H groups in total. The van der Waals surface area contributed by atoms with E-state index in [0.717, 1.165) is 0 Å². The van der Waals surface area contributed by atoms with Gasteiger partial charge < -0.3 is 5.11 Å². The van der Waals surface area contributed by atoms with Crippen molar-refractivity contribution in [3.05, 3.63) is 41.4 Å². The lowest BCUT2D eigenvalue weighted by Crippen LogP contribution is -2.18. The van der Waals surface area contributed by atoms with Crippen LogP contribution in [0.2, 0.25) is 5.02 Å². The van der Waals surface area contributed by atoms with Crippen LogP contribution in [0.5, 0.6) is 5.75 Å². The lowest BCUT2D eigenvalue weighted by molar-refractivity contribution is 0.476. The molecule has 6 heteroatoms. The van der Waals surface area contributed by atoms with E-state index < -0.39 is 10.0 Å². The summed E-state index contributed by atoms with van der Waals surface area (Å²) in [6, 6.07) is 9.38. The highest BCUT2D eigenvalue weighted by Crippen LogP contribution is 2.46. The summed E-state index contributed by atoms with van der Waals surface area (Å²) >= 11 is 6.05. The van der Waals surface area contributed by atoms with Crippen LogP contribution in [0.25, 0.3) is 11.1 Å². The first-order valence-electron chi connectivity index (χ1n) is 5.14. The molecule has 92 valence electrons. The molecule has 0 saturated carbocycles. The van der Waals surface area contributed by atoms with E-state index in [1.807, 2.05) is 0 Å². The van der Waals surface area contributed by atoms with Crippen LogP contribution < -0.4 is 4.72 Å². The predicted molar refractivity (Wildman–Crippen MR) is 69.4 cm³/mol. The van der Waals surface area contributed by atoms with Gasteiger partial charge in [0.25, 0.3) is 10.0 Å². The maximum atomic E-state index is 12.0. The first kappa shape index (κ1) is 11.4. The lowest BCUT2D eigenvalue weighted by atomic mass is 10.0. The fourth-order valence-electron chi connectivity index (χ4n) is 2.02. The molecule has 18 heavy (non-hydrogen) atoms. The van der Waals surface area contributed by atoms with Gasteiger partial charge in [-0.25, -0.2) is 8.42 Å². The number of phenols is 1. The standard InChI is InChI=1S/C12H8ClNO3S/c13-12-9(15)6-5-8-11(12)7-3-1-2-4-10(7)18(16,17)14-8/h1-6,14-15H. The first-order chi connectivity index (χ1) is 8.50. The van der Waals surface area contributed by atoms with Crippen LogP contribution in [0.15, 0.2) is 41.3 Å². The van der Waals surface area contributed by atoms with Gasteiger partial charge in [-0.15, -0.1) is 0 Å². The van der Waals surface area contributed by atoms with E-state index in [0.29, 0.717) is 16.8 Å². The molecule has 0 unspecified atom stereocenters. The minimum Gasteiger partial charge on any atom is -0.506 e. The Morgan fingerprint density at radius 3 is 2.61 bits per heavy atom. The fraction of sp³-hybridized carbons (Fsp3) is 0. The van der Waals surface area contributed by atoms with Gasteiger partial charge in [0.2, 0.25) is 0 Å². The average Bonchev–Trinajstić information content (AvgIpc) is 2.34. The van der Waals surface area contributed by atoms with Gasteiger partial charge in [0.1, 0.15) is 5.75 Å².